The number of hydrogen-bond acceptors (Lipinski definition) is 2. The summed E-state index contributed by atoms with van der Waals surface area (Å²) in [7, 11) is 0. The molecule has 1 aliphatic rings. The third-order valence-electron chi connectivity index (χ3n) is 2.79. The van der Waals surface area contributed by atoms with Gasteiger partial charge in [-0.05, 0) is 30.5 Å². The Balaban J connectivity index is 2.26. The number of amides is 1. The van der Waals surface area contributed by atoms with Crippen LogP contribution in [-0.4, -0.2) is 22.3 Å². The Morgan fingerprint density at radius 1 is 1.67 bits per heavy atom. The Bertz CT molecular complexity index is 381. The Kier molecular flexibility index (Phi) is 2.91. The van der Waals surface area contributed by atoms with E-state index in [2.05, 4.69) is 4.98 Å². The molecular weight excluding hydrogens is 212 g/mol. The maximum Gasteiger partial charge on any atom is 0.219 e. The van der Waals surface area contributed by atoms with Crippen LogP contribution in [0, 0.1) is 0 Å². The molecule has 3 nitrogen and oxygen atoms in total. The van der Waals surface area contributed by atoms with E-state index in [4.69, 9.17) is 11.6 Å². The summed E-state index contributed by atoms with van der Waals surface area (Å²) in [6, 6.07) is 3.95. The molecule has 1 fully saturated rings. The molecule has 1 saturated heterocycles. The molecule has 0 bridgehead atoms. The van der Waals surface area contributed by atoms with E-state index in [1.807, 2.05) is 17.0 Å². The molecule has 0 aliphatic carbocycles. The number of hydrogen-bond donors (Lipinski definition) is 0. The average Bonchev–Trinajstić information content (AvgIpc) is 2.65. The van der Waals surface area contributed by atoms with Crippen molar-refractivity contribution >= 4 is 17.5 Å². The maximum atomic E-state index is 11.4. The molecule has 0 unspecified atom stereocenters. The summed E-state index contributed by atoms with van der Waals surface area (Å²) in [6.45, 7) is 2.46. The minimum Gasteiger partial charge on any atom is -0.336 e. The molecule has 1 amide bonds. The number of carbonyl (C=O) groups is 1. The van der Waals surface area contributed by atoms with Gasteiger partial charge in [0.1, 0.15) is 5.15 Å². The first kappa shape index (κ1) is 10.4. The van der Waals surface area contributed by atoms with E-state index in [-0.39, 0.29) is 11.9 Å². The highest BCUT2D eigenvalue weighted by Crippen LogP contribution is 2.32. The normalized spacial score (nSPS) is 20.7. The summed E-state index contributed by atoms with van der Waals surface area (Å²) in [5, 5.41) is 0.489. The van der Waals surface area contributed by atoms with Gasteiger partial charge < -0.3 is 4.90 Å². The van der Waals surface area contributed by atoms with E-state index >= 15 is 0 Å². The van der Waals surface area contributed by atoms with Gasteiger partial charge in [0.25, 0.3) is 0 Å². The van der Waals surface area contributed by atoms with Gasteiger partial charge in [0.15, 0.2) is 0 Å². The molecule has 2 rings (SSSR count). The van der Waals surface area contributed by atoms with Crippen molar-refractivity contribution in [3.8, 4) is 0 Å². The molecular formula is C11H13ClN2O. The summed E-state index contributed by atoms with van der Waals surface area (Å²) in [5.74, 6) is 0.130. The van der Waals surface area contributed by atoms with Crippen LogP contribution in [0.25, 0.3) is 0 Å². The second-order valence-corrected chi connectivity index (χ2v) is 4.17. The fraction of sp³-hybridized carbons (Fsp3) is 0.455. The number of aromatic nitrogens is 1. The van der Waals surface area contributed by atoms with E-state index < -0.39 is 0 Å². The lowest BCUT2D eigenvalue weighted by molar-refractivity contribution is -0.129. The summed E-state index contributed by atoms with van der Waals surface area (Å²) in [5.41, 5.74) is 1.09. The Morgan fingerprint density at radius 3 is 3.13 bits per heavy atom. The smallest absolute Gasteiger partial charge is 0.219 e. The lowest BCUT2D eigenvalue weighted by Crippen LogP contribution is -2.28. The van der Waals surface area contributed by atoms with Crippen molar-refractivity contribution in [2.24, 2.45) is 0 Å². The molecule has 1 aliphatic heterocycles. The highest BCUT2D eigenvalue weighted by molar-refractivity contribution is 6.29. The average molecular weight is 225 g/mol. The third kappa shape index (κ3) is 2.12. The lowest BCUT2D eigenvalue weighted by atomic mass is 10.1. The zero-order chi connectivity index (χ0) is 10.8. The van der Waals surface area contributed by atoms with Crippen LogP contribution in [0.4, 0.5) is 0 Å². The van der Waals surface area contributed by atoms with Gasteiger partial charge in [-0.2, -0.15) is 0 Å². The molecule has 0 spiro atoms. The van der Waals surface area contributed by atoms with Gasteiger partial charge in [-0.1, -0.05) is 11.6 Å². The van der Waals surface area contributed by atoms with Crippen LogP contribution in [0.1, 0.15) is 31.4 Å². The van der Waals surface area contributed by atoms with Gasteiger partial charge >= 0.3 is 0 Å². The largest absolute Gasteiger partial charge is 0.336 e. The van der Waals surface area contributed by atoms with Crippen molar-refractivity contribution in [1.82, 2.24) is 9.88 Å². The zero-order valence-corrected chi connectivity index (χ0v) is 9.37. The topological polar surface area (TPSA) is 33.2 Å². The van der Waals surface area contributed by atoms with E-state index in [0.29, 0.717) is 5.15 Å². The van der Waals surface area contributed by atoms with Crippen molar-refractivity contribution in [2.75, 3.05) is 6.54 Å². The van der Waals surface area contributed by atoms with Gasteiger partial charge in [-0.15, -0.1) is 0 Å². The summed E-state index contributed by atoms with van der Waals surface area (Å²) < 4.78 is 0. The monoisotopic (exact) mass is 224 g/mol. The fourth-order valence-corrected chi connectivity index (χ4v) is 2.30. The molecule has 0 N–H and O–H groups in total. The number of likely N-dealkylation sites (tertiary alicyclic amines) is 1. The van der Waals surface area contributed by atoms with Crippen LogP contribution in [0.15, 0.2) is 18.3 Å². The first-order chi connectivity index (χ1) is 7.18. The van der Waals surface area contributed by atoms with Crippen molar-refractivity contribution in [2.45, 2.75) is 25.8 Å². The van der Waals surface area contributed by atoms with Crippen LogP contribution in [0.2, 0.25) is 5.15 Å². The quantitative estimate of drug-likeness (QED) is 0.687. The molecule has 1 aromatic rings. The van der Waals surface area contributed by atoms with Crippen LogP contribution in [0.5, 0.6) is 0 Å². The Labute approximate surface area is 94.1 Å². The lowest BCUT2D eigenvalue weighted by Gasteiger charge is -2.23. The highest BCUT2D eigenvalue weighted by atomic mass is 35.5. The second-order valence-electron chi connectivity index (χ2n) is 3.78. The van der Waals surface area contributed by atoms with E-state index in [9.17, 15) is 4.79 Å². The fourth-order valence-electron chi connectivity index (χ4n) is 2.11. The standard InChI is InChI=1S/C11H13ClN2O/c1-8(15)14-6-2-3-10(14)9-4-5-13-11(12)7-9/h4-5,7,10H,2-3,6H2,1H3/t10-/m1/s1. The number of carbonyl (C=O) groups excluding carboxylic acids is 1. The van der Waals surface area contributed by atoms with Crippen molar-refractivity contribution in [1.29, 1.82) is 0 Å². The molecule has 0 radical (unpaired) electrons. The summed E-state index contributed by atoms with van der Waals surface area (Å²) in [6.07, 6.45) is 3.76. The minimum absolute atomic E-state index is 0.130. The van der Waals surface area contributed by atoms with Gasteiger partial charge in [0.2, 0.25) is 5.91 Å². The molecule has 80 valence electrons. The van der Waals surface area contributed by atoms with Crippen molar-refractivity contribution in [3.05, 3.63) is 29.0 Å². The van der Waals surface area contributed by atoms with Crippen LogP contribution < -0.4 is 0 Å². The minimum atomic E-state index is 0.130. The Morgan fingerprint density at radius 2 is 2.47 bits per heavy atom. The Hall–Kier alpha value is -1.09. The van der Waals surface area contributed by atoms with E-state index in [1.54, 1.807) is 13.1 Å². The zero-order valence-electron chi connectivity index (χ0n) is 8.61. The van der Waals surface area contributed by atoms with Crippen LogP contribution >= 0.6 is 11.6 Å². The number of nitrogens with zero attached hydrogens (tertiary/aromatic N) is 2. The molecule has 1 atom stereocenters. The predicted octanol–water partition coefficient (Wildman–Crippen LogP) is 2.42. The summed E-state index contributed by atoms with van der Waals surface area (Å²) in [4.78, 5) is 17.2. The first-order valence-electron chi connectivity index (χ1n) is 5.07. The number of halogens is 1. The molecule has 0 aromatic carbocycles. The van der Waals surface area contributed by atoms with Crippen molar-refractivity contribution < 1.29 is 4.79 Å². The second kappa shape index (κ2) is 4.19. The molecule has 1 aromatic heterocycles. The molecule has 0 saturated carbocycles. The van der Waals surface area contributed by atoms with Crippen molar-refractivity contribution in [3.63, 3.8) is 0 Å². The van der Waals surface area contributed by atoms with Gasteiger partial charge in [0, 0.05) is 19.7 Å². The predicted molar refractivity (Wildman–Crippen MR) is 58.6 cm³/mol. The number of pyridine rings is 1. The number of rotatable bonds is 1. The van der Waals surface area contributed by atoms with Crippen LogP contribution in [0.3, 0.4) is 0 Å². The molecule has 15 heavy (non-hydrogen) atoms. The summed E-state index contributed by atoms with van der Waals surface area (Å²) >= 11 is 5.84. The third-order valence-corrected chi connectivity index (χ3v) is 3.00. The first-order valence-corrected chi connectivity index (χ1v) is 5.45. The van der Waals surface area contributed by atoms with Gasteiger partial charge in [-0.3, -0.25) is 4.79 Å². The SMILES string of the molecule is CC(=O)N1CCC[C@@H]1c1ccnc(Cl)c1. The maximum absolute atomic E-state index is 11.4. The molecule has 2 heterocycles. The van der Waals surface area contributed by atoms with Crippen LogP contribution in [-0.2, 0) is 4.79 Å². The van der Waals surface area contributed by atoms with E-state index in [1.165, 1.54) is 0 Å². The molecule has 4 heteroatoms. The highest BCUT2D eigenvalue weighted by Gasteiger charge is 2.27. The van der Waals surface area contributed by atoms with Gasteiger partial charge in [0.05, 0.1) is 6.04 Å². The van der Waals surface area contributed by atoms with E-state index in [0.717, 1.165) is 24.9 Å². The van der Waals surface area contributed by atoms with Gasteiger partial charge in [-0.25, -0.2) is 4.98 Å².